The molecule has 6 nitrogen and oxygen atoms in total. The largest absolute Gasteiger partial charge is 0.377 e. The maximum Gasteiger partial charge on any atom is 0.242 e. The van der Waals surface area contributed by atoms with Crippen LogP contribution in [0.25, 0.3) is 0 Å². The van der Waals surface area contributed by atoms with E-state index >= 15 is 0 Å². The summed E-state index contributed by atoms with van der Waals surface area (Å²) in [5, 5.41) is 2.99. The van der Waals surface area contributed by atoms with E-state index in [0.717, 1.165) is 16.9 Å². The van der Waals surface area contributed by atoms with Gasteiger partial charge in [-0.05, 0) is 42.7 Å². The number of carbonyl (C=O) groups excluding carboxylic acids is 1. The van der Waals surface area contributed by atoms with Gasteiger partial charge in [0.2, 0.25) is 5.91 Å². The molecule has 1 fully saturated rings. The van der Waals surface area contributed by atoms with Gasteiger partial charge in [-0.1, -0.05) is 12.1 Å². The van der Waals surface area contributed by atoms with Crippen LogP contribution in [0.3, 0.4) is 0 Å². The fraction of sp³-hybridized carbons (Fsp3) is 0.333. The molecule has 1 aromatic carbocycles. The number of hydrazine groups is 1. The molecule has 1 aliphatic heterocycles. The van der Waals surface area contributed by atoms with Crippen LogP contribution in [0.4, 0.5) is 11.4 Å². The van der Waals surface area contributed by atoms with Gasteiger partial charge in [0.25, 0.3) is 0 Å². The second-order valence-corrected chi connectivity index (χ2v) is 6.30. The van der Waals surface area contributed by atoms with Gasteiger partial charge in [-0.25, -0.2) is 10.9 Å². The molecule has 126 valence electrons. The number of nitrogens with one attached hydrogen (secondary N) is 3. The van der Waals surface area contributed by atoms with Crippen molar-refractivity contribution in [1.82, 2.24) is 15.8 Å². The topological polar surface area (TPSA) is 69.3 Å². The number of rotatable bonds is 4. The number of hydrogen-bond acceptors (Lipinski definition) is 5. The average Bonchev–Trinajstić information content (AvgIpc) is 3.07. The first-order valence-corrected chi connectivity index (χ1v) is 8.04. The van der Waals surface area contributed by atoms with E-state index in [4.69, 9.17) is 0 Å². The molecule has 0 spiro atoms. The molecule has 0 radical (unpaired) electrons. The van der Waals surface area contributed by atoms with E-state index in [1.54, 1.807) is 6.20 Å². The minimum Gasteiger partial charge on any atom is -0.377 e. The molecule has 2 aromatic rings. The van der Waals surface area contributed by atoms with Crippen LogP contribution >= 0.6 is 0 Å². The summed E-state index contributed by atoms with van der Waals surface area (Å²) in [7, 11) is 3.99. The Balaban J connectivity index is 1.65. The van der Waals surface area contributed by atoms with Crippen molar-refractivity contribution in [1.29, 1.82) is 0 Å². The fourth-order valence-corrected chi connectivity index (χ4v) is 2.93. The minimum atomic E-state index is -0.278. The summed E-state index contributed by atoms with van der Waals surface area (Å²) in [6, 6.07) is 9.67. The van der Waals surface area contributed by atoms with Crippen molar-refractivity contribution >= 4 is 17.3 Å². The first-order valence-electron chi connectivity index (χ1n) is 8.04. The SMILES string of the molecule is Cc1ccc(NC(=O)C2CC(c3cccnc3)NN2)cc1N(C)C. The van der Waals surface area contributed by atoms with Gasteiger partial charge in [-0.3, -0.25) is 9.78 Å². The summed E-state index contributed by atoms with van der Waals surface area (Å²) >= 11 is 0. The molecule has 1 saturated heterocycles. The third kappa shape index (κ3) is 3.55. The first kappa shape index (κ1) is 16.4. The average molecular weight is 325 g/mol. The molecule has 1 amide bonds. The van der Waals surface area contributed by atoms with Gasteiger partial charge >= 0.3 is 0 Å². The van der Waals surface area contributed by atoms with Crippen molar-refractivity contribution in [3.63, 3.8) is 0 Å². The normalized spacial score (nSPS) is 20.0. The summed E-state index contributed by atoms with van der Waals surface area (Å²) in [6.07, 6.45) is 4.25. The van der Waals surface area contributed by atoms with E-state index in [9.17, 15) is 4.79 Å². The van der Waals surface area contributed by atoms with E-state index in [-0.39, 0.29) is 18.0 Å². The number of nitrogens with zero attached hydrogens (tertiary/aromatic N) is 2. The van der Waals surface area contributed by atoms with Crippen LogP contribution in [0.15, 0.2) is 42.7 Å². The lowest BCUT2D eigenvalue weighted by atomic mass is 10.0. The highest BCUT2D eigenvalue weighted by Crippen LogP contribution is 2.24. The molecule has 0 saturated carbocycles. The number of hydrogen-bond donors (Lipinski definition) is 3. The highest BCUT2D eigenvalue weighted by atomic mass is 16.2. The van der Waals surface area contributed by atoms with Crippen LogP contribution in [-0.4, -0.2) is 31.0 Å². The Kier molecular flexibility index (Phi) is 4.78. The number of amides is 1. The molecule has 2 heterocycles. The molecule has 24 heavy (non-hydrogen) atoms. The number of aromatic nitrogens is 1. The lowest BCUT2D eigenvalue weighted by Crippen LogP contribution is -2.39. The predicted octanol–water partition coefficient (Wildman–Crippen LogP) is 2.00. The zero-order valence-electron chi connectivity index (χ0n) is 14.2. The zero-order chi connectivity index (χ0) is 17.1. The Labute approximate surface area is 142 Å². The maximum absolute atomic E-state index is 12.5. The molecule has 2 atom stereocenters. The highest BCUT2D eigenvalue weighted by Gasteiger charge is 2.30. The lowest BCUT2D eigenvalue weighted by Gasteiger charge is -2.18. The molecule has 3 rings (SSSR count). The van der Waals surface area contributed by atoms with Gasteiger partial charge in [0, 0.05) is 43.9 Å². The summed E-state index contributed by atoms with van der Waals surface area (Å²) in [5.41, 5.74) is 10.4. The summed E-state index contributed by atoms with van der Waals surface area (Å²) in [5.74, 6) is -0.0394. The van der Waals surface area contributed by atoms with Crippen molar-refractivity contribution in [2.75, 3.05) is 24.3 Å². The lowest BCUT2D eigenvalue weighted by molar-refractivity contribution is -0.117. The van der Waals surface area contributed by atoms with Crippen molar-refractivity contribution in [2.45, 2.75) is 25.4 Å². The van der Waals surface area contributed by atoms with E-state index in [0.29, 0.717) is 6.42 Å². The van der Waals surface area contributed by atoms with Gasteiger partial charge in [0.15, 0.2) is 0 Å². The number of aryl methyl sites for hydroxylation is 1. The van der Waals surface area contributed by atoms with Crippen LogP contribution in [0, 0.1) is 6.92 Å². The third-order valence-electron chi connectivity index (χ3n) is 4.26. The predicted molar refractivity (Wildman–Crippen MR) is 95.8 cm³/mol. The molecular weight excluding hydrogens is 302 g/mol. The Hall–Kier alpha value is -2.44. The molecule has 6 heteroatoms. The van der Waals surface area contributed by atoms with E-state index in [1.165, 1.54) is 5.56 Å². The monoisotopic (exact) mass is 325 g/mol. The standard InChI is InChI=1S/C18H23N5O/c1-12-6-7-14(9-17(12)23(2)3)20-18(24)16-10-15(21-22-16)13-5-4-8-19-11-13/h4-9,11,15-16,21-22H,10H2,1-3H3,(H,20,24). The second kappa shape index (κ2) is 6.98. The van der Waals surface area contributed by atoms with Crippen molar-refractivity contribution in [3.05, 3.63) is 53.9 Å². The Morgan fingerprint density at radius 2 is 2.12 bits per heavy atom. The van der Waals surface area contributed by atoms with Crippen molar-refractivity contribution in [2.24, 2.45) is 0 Å². The first-order chi connectivity index (χ1) is 11.5. The molecule has 0 bridgehead atoms. The molecule has 1 aliphatic rings. The maximum atomic E-state index is 12.5. The highest BCUT2D eigenvalue weighted by molar-refractivity contribution is 5.95. The number of pyridine rings is 1. The van der Waals surface area contributed by atoms with Crippen LogP contribution in [0.1, 0.15) is 23.6 Å². The van der Waals surface area contributed by atoms with Crippen LogP contribution in [-0.2, 0) is 4.79 Å². The molecule has 3 N–H and O–H groups in total. The summed E-state index contributed by atoms with van der Waals surface area (Å²) in [6.45, 7) is 2.06. The smallest absolute Gasteiger partial charge is 0.242 e. The Bertz CT molecular complexity index is 717. The molecule has 0 aliphatic carbocycles. The number of anilines is 2. The minimum absolute atomic E-state index is 0.0394. The fourth-order valence-electron chi connectivity index (χ4n) is 2.93. The Morgan fingerprint density at radius 1 is 1.29 bits per heavy atom. The second-order valence-electron chi connectivity index (χ2n) is 6.30. The number of carbonyl (C=O) groups is 1. The van der Waals surface area contributed by atoms with Gasteiger partial charge in [0.1, 0.15) is 6.04 Å². The van der Waals surface area contributed by atoms with E-state index in [1.807, 2.05) is 55.5 Å². The van der Waals surface area contributed by atoms with Crippen molar-refractivity contribution < 1.29 is 4.79 Å². The third-order valence-corrected chi connectivity index (χ3v) is 4.26. The molecular formula is C18H23N5O. The Morgan fingerprint density at radius 3 is 2.83 bits per heavy atom. The molecule has 1 aromatic heterocycles. The number of benzene rings is 1. The zero-order valence-corrected chi connectivity index (χ0v) is 14.2. The van der Waals surface area contributed by atoms with Gasteiger partial charge in [0.05, 0.1) is 0 Å². The van der Waals surface area contributed by atoms with Gasteiger partial charge in [-0.15, -0.1) is 0 Å². The van der Waals surface area contributed by atoms with Crippen LogP contribution in [0.2, 0.25) is 0 Å². The summed E-state index contributed by atoms with van der Waals surface area (Å²) in [4.78, 5) is 18.7. The molecule has 2 unspecified atom stereocenters. The summed E-state index contributed by atoms with van der Waals surface area (Å²) < 4.78 is 0. The van der Waals surface area contributed by atoms with Crippen LogP contribution < -0.4 is 21.1 Å². The van der Waals surface area contributed by atoms with Crippen molar-refractivity contribution in [3.8, 4) is 0 Å². The van der Waals surface area contributed by atoms with Gasteiger partial charge < -0.3 is 10.2 Å². The van der Waals surface area contributed by atoms with Crippen LogP contribution in [0.5, 0.6) is 0 Å². The van der Waals surface area contributed by atoms with Gasteiger partial charge in [-0.2, -0.15) is 0 Å². The van der Waals surface area contributed by atoms with E-state index < -0.39 is 0 Å². The van der Waals surface area contributed by atoms with E-state index in [2.05, 4.69) is 28.1 Å². The quantitative estimate of drug-likeness (QED) is 0.802.